The van der Waals surface area contributed by atoms with Crippen molar-refractivity contribution < 1.29 is 24.4 Å². The fraction of sp³-hybridized carbons (Fsp3) is 0.292. The zero-order valence-corrected chi connectivity index (χ0v) is 19.5. The van der Waals surface area contributed by atoms with Crippen molar-refractivity contribution in [3.05, 3.63) is 70.3 Å². The number of carboxylic acids is 1. The lowest BCUT2D eigenvalue weighted by Gasteiger charge is -2.24. The summed E-state index contributed by atoms with van der Waals surface area (Å²) in [5.41, 5.74) is 1.55. The minimum Gasteiger partial charge on any atom is -0.481 e. The molecule has 2 aromatic carbocycles. The largest absolute Gasteiger partial charge is 0.481 e. The van der Waals surface area contributed by atoms with Gasteiger partial charge in [0.25, 0.3) is 5.69 Å². The van der Waals surface area contributed by atoms with Crippen molar-refractivity contribution in [2.45, 2.75) is 36.8 Å². The summed E-state index contributed by atoms with van der Waals surface area (Å²) in [7, 11) is 0. The van der Waals surface area contributed by atoms with Crippen molar-refractivity contribution >= 4 is 46.6 Å². The molecule has 0 aromatic heterocycles. The Kier molecular flexibility index (Phi) is 8.06. The van der Waals surface area contributed by atoms with Gasteiger partial charge in [-0.05, 0) is 56.5 Å². The summed E-state index contributed by atoms with van der Waals surface area (Å²) in [6, 6.07) is 11.2. The second-order valence-corrected chi connectivity index (χ2v) is 9.43. The predicted molar refractivity (Wildman–Crippen MR) is 130 cm³/mol. The van der Waals surface area contributed by atoms with Crippen molar-refractivity contribution in [1.29, 1.82) is 0 Å². The van der Waals surface area contributed by atoms with Gasteiger partial charge >= 0.3 is 5.97 Å². The van der Waals surface area contributed by atoms with Gasteiger partial charge in [-0.2, -0.15) is 0 Å². The normalized spacial score (nSPS) is 18.1. The van der Waals surface area contributed by atoms with Crippen molar-refractivity contribution in [3.8, 4) is 0 Å². The summed E-state index contributed by atoms with van der Waals surface area (Å²) in [6.45, 7) is 3.48. The van der Waals surface area contributed by atoms with E-state index in [1.807, 2.05) is 6.08 Å². The van der Waals surface area contributed by atoms with Crippen LogP contribution in [0.5, 0.6) is 0 Å². The van der Waals surface area contributed by atoms with Crippen LogP contribution in [0.15, 0.2) is 59.5 Å². The van der Waals surface area contributed by atoms with Gasteiger partial charge in [-0.25, -0.2) is 0 Å². The molecular formula is C24H25N3O6S. The third kappa shape index (κ3) is 6.22. The van der Waals surface area contributed by atoms with Gasteiger partial charge in [0.1, 0.15) is 0 Å². The summed E-state index contributed by atoms with van der Waals surface area (Å²) >= 11 is 1.30. The molecular weight excluding hydrogens is 458 g/mol. The lowest BCUT2D eigenvalue weighted by atomic mass is 9.82. The minimum atomic E-state index is -0.983. The van der Waals surface area contributed by atoms with Gasteiger partial charge in [-0.3, -0.25) is 24.5 Å². The first kappa shape index (κ1) is 25.0. The number of nitrogens with one attached hydrogen (secondary N) is 2. The van der Waals surface area contributed by atoms with E-state index in [1.54, 1.807) is 50.3 Å². The maximum Gasteiger partial charge on any atom is 0.307 e. The molecule has 34 heavy (non-hydrogen) atoms. The molecule has 178 valence electrons. The van der Waals surface area contributed by atoms with E-state index >= 15 is 0 Å². The summed E-state index contributed by atoms with van der Waals surface area (Å²) in [6.07, 6.45) is 4.32. The number of carboxylic acid groups (broad SMARTS) is 1. The van der Waals surface area contributed by atoms with Gasteiger partial charge in [0.05, 0.1) is 27.7 Å². The molecule has 0 fully saturated rings. The lowest BCUT2D eigenvalue weighted by Crippen LogP contribution is -2.34. The van der Waals surface area contributed by atoms with E-state index in [4.69, 9.17) is 0 Å². The third-order valence-electron chi connectivity index (χ3n) is 5.58. The molecule has 0 saturated carbocycles. The van der Waals surface area contributed by atoms with Crippen LogP contribution in [0.25, 0.3) is 0 Å². The van der Waals surface area contributed by atoms with Gasteiger partial charge < -0.3 is 15.7 Å². The quantitative estimate of drug-likeness (QED) is 0.215. The van der Waals surface area contributed by atoms with Crippen LogP contribution in [0.2, 0.25) is 0 Å². The van der Waals surface area contributed by atoms with Crippen LogP contribution in [0.4, 0.5) is 17.1 Å². The number of nitrogens with zero attached hydrogens (tertiary/aromatic N) is 1. The van der Waals surface area contributed by atoms with E-state index in [2.05, 4.69) is 10.6 Å². The Bertz CT molecular complexity index is 1130. The molecule has 3 atom stereocenters. The highest BCUT2D eigenvalue weighted by molar-refractivity contribution is 8.00. The fourth-order valence-corrected chi connectivity index (χ4v) is 4.45. The molecule has 3 N–H and O–H groups in total. The number of non-ortho nitro benzene ring substituents is 1. The highest BCUT2D eigenvalue weighted by atomic mass is 32.2. The maximum atomic E-state index is 12.6. The number of aliphatic carboxylic acids is 1. The molecule has 0 radical (unpaired) electrons. The summed E-state index contributed by atoms with van der Waals surface area (Å²) in [5.74, 6) is -2.98. The van der Waals surface area contributed by atoms with E-state index in [0.29, 0.717) is 24.2 Å². The van der Waals surface area contributed by atoms with E-state index < -0.39 is 28.0 Å². The number of allylic oxidation sites excluding steroid dienone is 2. The molecule has 0 heterocycles. The Morgan fingerprint density at radius 3 is 2.32 bits per heavy atom. The number of benzene rings is 2. The predicted octanol–water partition coefficient (Wildman–Crippen LogP) is 4.63. The van der Waals surface area contributed by atoms with Gasteiger partial charge in [0.2, 0.25) is 11.8 Å². The number of aryl methyl sites for hydroxylation is 1. The minimum absolute atomic E-state index is 0.0993. The number of hydrogen-bond acceptors (Lipinski definition) is 6. The topological polar surface area (TPSA) is 139 Å². The van der Waals surface area contributed by atoms with E-state index in [1.165, 1.54) is 23.9 Å². The SMILES string of the molecule is Cc1ccc([N+](=O)[O-])cc1NC(=O)C(C)Sc1ccc(NC(=O)C2CC=CCC2C(=O)O)cc1. The average Bonchev–Trinajstić information content (AvgIpc) is 2.81. The van der Waals surface area contributed by atoms with Crippen LogP contribution < -0.4 is 10.6 Å². The first-order valence-corrected chi connectivity index (χ1v) is 11.5. The van der Waals surface area contributed by atoms with Gasteiger partial charge in [-0.15, -0.1) is 11.8 Å². The van der Waals surface area contributed by atoms with Gasteiger partial charge in [0.15, 0.2) is 0 Å². The van der Waals surface area contributed by atoms with Crippen molar-refractivity contribution in [3.63, 3.8) is 0 Å². The molecule has 9 nitrogen and oxygen atoms in total. The molecule has 3 unspecified atom stereocenters. The highest BCUT2D eigenvalue weighted by Crippen LogP contribution is 2.29. The number of nitro groups is 1. The zero-order chi connectivity index (χ0) is 24.8. The summed E-state index contributed by atoms with van der Waals surface area (Å²) < 4.78 is 0. The Labute approximate surface area is 200 Å². The monoisotopic (exact) mass is 483 g/mol. The molecule has 2 amide bonds. The van der Waals surface area contributed by atoms with E-state index in [-0.39, 0.29) is 17.5 Å². The number of carbonyl (C=O) groups excluding carboxylic acids is 2. The number of rotatable bonds is 8. The average molecular weight is 484 g/mol. The molecule has 10 heteroatoms. The second kappa shape index (κ2) is 11.0. The highest BCUT2D eigenvalue weighted by Gasteiger charge is 2.33. The van der Waals surface area contributed by atoms with E-state index in [9.17, 15) is 29.6 Å². The first-order valence-electron chi connectivity index (χ1n) is 10.7. The number of anilines is 2. The molecule has 2 aromatic rings. The van der Waals surface area contributed by atoms with Crippen LogP contribution in [-0.4, -0.2) is 33.1 Å². The fourth-order valence-electron chi connectivity index (χ4n) is 3.58. The van der Waals surface area contributed by atoms with Crippen LogP contribution >= 0.6 is 11.8 Å². The molecule has 0 spiro atoms. The van der Waals surface area contributed by atoms with Crippen LogP contribution in [0, 0.1) is 28.9 Å². The Hall–Kier alpha value is -3.66. The van der Waals surface area contributed by atoms with Crippen molar-refractivity contribution in [1.82, 2.24) is 0 Å². The first-order chi connectivity index (χ1) is 16.2. The maximum absolute atomic E-state index is 12.6. The van der Waals surface area contributed by atoms with Gasteiger partial charge in [0, 0.05) is 22.7 Å². The number of hydrogen-bond donors (Lipinski definition) is 3. The molecule has 0 aliphatic heterocycles. The van der Waals surface area contributed by atoms with Crippen molar-refractivity contribution in [2.75, 3.05) is 10.6 Å². The zero-order valence-electron chi connectivity index (χ0n) is 18.7. The number of thioether (sulfide) groups is 1. The Morgan fingerprint density at radius 1 is 1.06 bits per heavy atom. The summed E-state index contributed by atoms with van der Waals surface area (Å²) in [4.78, 5) is 47.9. The van der Waals surface area contributed by atoms with Gasteiger partial charge in [-0.1, -0.05) is 18.2 Å². The van der Waals surface area contributed by atoms with E-state index in [0.717, 1.165) is 10.5 Å². The lowest BCUT2D eigenvalue weighted by molar-refractivity contribution is -0.384. The third-order valence-corrected chi connectivity index (χ3v) is 6.69. The molecule has 0 saturated heterocycles. The van der Waals surface area contributed by atoms with Crippen molar-refractivity contribution in [2.24, 2.45) is 11.8 Å². The second-order valence-electron chi connectivity index (χ2n) is 8.01. The van der Waals surface area contributed by atoms with Crippen LogP contribution in [0.1, 0.15) is 25.3 Å². The number of nitro benzene ring substituents is 1. The molecule has 0 bridgehead atoms. The summed E-state index contributed by atoms with van der Waals surface area (Å²) in [5, 5.41) is 25.4. The molecule has 3 rings (SSSR count). The molecule has 1 aliphatic rings. The van der Waals surface area contributed by atoms with Crippen LogP contribution in [-0.2, 0) is 14.4 Å². The smallest absolute Gasteiger partial charge is 0.307 e. The number of amides is 2. The number of carbonyl (C=O) groups is 3. The molecule has 1 aliphatic carbocycles. The van der Waals surface area contributed by atoms with Crippen LogP contribution in [0.3, 0.4) is 0 Å². The Morgan fingerprint density at radius 2 is 1.71 bits per heavy atom. The standard InChI is InChI=1S/C24H25N3O6S/c1-14-7-10-17(27(32)33)13-21(14)26-22(28)15(2)34-18-11-8-16(9-12-18)25-23(29)19-5-3-4-6-20(19)24(30)31/h3-4,7-13,15,19-20H,5-6H2,1-2H3,(H,25,29)(H,26,28)(H,30,31). The Balaban J connectivity index is 1.59.